The number of aromatic nitrogens is 2. The molecule has 2 rings (SSSR count). The van der Waals surface area contributed by atoms with E-state index in [-0.39, 0.29) is 5.69 Å². The molecule has 1 aliphatic heterocycles. The fourth-order valence-corrected chi connectivity index (χ4v) is 2.10. The van der Waals surface area contributed by atoms with Crippen LogP contribution in [0.5, 0.6) is 0 Å². The summed E-state index contributed by atoms with van der Waals surface area (Å²) in [6, 6.07) is 0.304. The number of aromatic amines is 2. The molecule has 4 nitrogen and oxygen atoms in total. The third kappa shape index (κ3) is 1.34. The number of H-pyrrole nitrogens is 2. The number of halogens is 1. The summed E-state index contributed by atoms with van der Waals surface area (Å²) in [6.07, 6.45) is 2.26. The lowest BCUT2D eigenvalue weighted by atomic mass is 10.2. The van der Waals surface area contributed by atoms with Crippen molar-refractivity contribution in [3.63, 3.8) is 0 Å². The lowest BCUT2D eigenvalue weighted by Crippen LogP contribution is -2.14. The van der Waals surface area contributed by atoms with E-state index in [9.17, 15) is 4.79 Å². The number of nitrogens with one attached hydrogen (secondary N) is 3. The maximum Gasteiger partial charge on any atom is 0.324 e. The fraction of sp³-hybridized carbons (Fsp3) is 0.571. The van der Waals surface area contributed by atoms with Crippen LogP contribution in [0.25, 0.3) is 0 Å². The molecule has 0 bridgehead atoms. The van der Waals surface area contributed by atoms with Gasteiger partial charge in [0.2, 0.25) is 0 Å². The Balaban J connectivity index is 2.31. The minimum atomic E-state index is -0.148. The van der Waals surface area contributed by atoms with Gasteiger partial charge in [-0.1, -0.05) is 0 Å². The zero-order valence-corrected chi connectivity index (χ0v) is 8.07. The number of hydrogen-bond donors (Lipinski definition) is 3. The molecule has 0 spiro atoms. The summed E-state index contributed by atoms with van der Waals surface area (Å²) in [5.41, 5.74) is 0.795. The molecule has 3 N–H and O–H groups in total. The van der Waals surface area contributed by atoms with Crippen LogP contribution < -0.4 is 11.0 Å². The maximum absolute atomic E-state index is 10.9. The smallest absolute Gasteiger partial charge is 0.309 e. The highest BCUT2D eigenvalue weighted by molar-refractivity contribution is 9.10. The van der Waals surface area contributed by atoms with Gasteiger partial charge in [0.15, 0.2) is 0 Å². The molecule has 2 heterocycles. The average molecular weight is 232 g/mol. The van der Waals surface area contributed by atoms with Crippen molar-refractivity contribution in [2.24, 2.45) is 0 Å². The predicted molar refractivity (Wildman–Crippen MR) is 49.1 cm³/mol. The van der Waals surface area contributed by atoms with Crippen molar-refractivity contribution in [1.82, 2.24) is 15.3 Å². The quantitative estimate of drug-likeness (QED) is 0.673. The largest absolute Gasteiger partial charge is 0.324 e. The SMILES string of the molecule is O=c1[nH]c(Br)c(C2CCCN2)[nH]1. The Morgan fingerprint density at radius 2 is 2.25 bits per heavy atom. The summed E-state index contributed by atoms with van der Waals surface area (Å²) in [4.78, 5) is 16.3. The third-order valence-electron chi connectivity index (χ3n) is 2.12. The lowest BCUT2D eigenvalue weighted by molar-refractivity contribution is 0.627. The first-order valence-corrected chi connectivity index (χ1v) is 4.78. The van der Waals surface area contributed by atoms with Crippen molar-refractivity contribution in [3.05, 3.63) is 20.8 Å². The van der Waals surface area contributed by atoms with Gasteiger partial charge in [-0.15, -0.1) is 0 Å². The first kappa shape index (κ1) is 8.07. The van der Waals surface area contributed by atoms with Crippen molar-refractivity contribution >= 4 is 15.9 Å². The van der Waals surface area contributed by atoms with Crippen LogP contribution in [0.2, 0.25) is 0 Å². The molecular formula is C7H10BrN3O. The van der Waals surface area contributed by atoms with Gasteiger partial charge in [-0.05, 0) is 35.3 Å². The molecule has 1 aromatic heterocycles. The van der Waals surface area contributed by atoms with E-state index >= 15 is 0 Å². The molecule has 1 unspecified atom stereocenters. The molecule has 1 aliphatic rings. The summed E-state index contributed by atoms with van der Waals surface area (Å²) >= 11 is 3.30. The second kappa shape index (κ2) is 3.06. The van der Waals surface area contributed by atoms with Gasteiger partial charge in [0.1, 0.15) is 4.60 Å². The van der Waals surface area contributed by atoms with Crippen LogP contribution in [0.15, 0.2) is 9.40 Å². The third-order valence-corrected chi connectivity index (χ3v) is 2.74. The van der Waals surface area contributed by atoms with Crippen molar-refractivity contribution in [2.75, 3.05) is 6.54 Å². The van der Waals surface area contributed by atoms with Crippen LogP contribution in [-0.4, -0.2) is 16.5 Å². The van der Waals surface area contributed by atoms with Crippen LogP contribution in [-0.2, 0) is 0 Å². The van der Waals surface area contributed by atoms with Crippen molar-refractivity contribution in [3.8, 4) is 0 Å². The molecule has 5 heteroatoms. The van der Waals surface area contributed by atoms with Gasteiger partial charge in [0.25, 0.3) is 0 Å². The van der Waals surface area contributed by atoms with Crippen LogP contribution in [0, 0.1) is 0 Å². The van der Waals surface area contributed by atoms with E-state index in [1.807, 2.05) is 0 Å². The molecular weight excluding hydrogens is 222 g/mol. The maximum atomic E-state index is 10.9. The van der Waals surface area contributed by atoms with Gasteiger partial charge < -0.3 is 15.3 Å². The molecule has 12 heavy (non-hydrogen) atoms. The number of rotatable bonds is 1. The van der Waals surface area contributed by atoms with Crippen LogP contribution >= 0.6 is 15.9 Å². The summed E-state index contributed by atoms with van der Waals surface area (Å²) in [6.45, 7) is 1.03. The summed E-state index contributed by atoms with van der Waals surface area (Å²) in [5.74, 6) is 0. The lowest BCUT2D eigenvalue weighted by Gasteiger charge is -2.06. The Morgan fingerprint density at radius 1 is 1.42 bits per heavy atom. The molecule has 1 atom stereocenters. The standard InChI is InChI=1S/C7H10BrN3O/c8-6-5(10-7(12)11-6)4-2-1-3-9-4/h4,9H,1-3H2,(H2,10,11,12). The molecule has 0 radical (unpaired) electrons. The summed E-state index contributed by atoms with van der Waals surface area (Å²) in [5, 5.41) is 3.31. The van der Waals surface area contributed by atoms with Crippen LogP contribution in [0.1, 0.15) is 24.6 Å². The van der Waals surface area contributed by atoms with Crippen molar-refractivity contribution in [1.29, 1.82) is 0 Å². The highest BCUT2D eigenvalue weighted by atomic mass is 79.9. The minimum absolute atomic E-state index is 0.148. The topological polar surface area (TPSA) is 60.7 Å². The molecule has 1 fully saturated rings. The van der Waals surface area contributed by atoms with Gasteiger partial charge in [-0.25, -0.2) is 4.79 Å². The Bertz CT molecular complexity index is 324. The van der Waals surface area contributed by atoms with E-state index in [1.54, 1.807) is 0 Å². The Kier molecular flexibility index (Phi) is 2.06. The molecule has 66 valence electrons. The molecule has 0 aromatic carbocycles. The zero-order chi connectivity index (χ0) is 8.55. The van der Waals surface area contributed by atoms with Crippen molar-refractivity contribution < 1.29 is 0 Å². The van der Waals surface area contributed by atoms with E-state index in [0.717, 1.165) is 23.3 Å². The second-order valence-electron chi connectivity index (χ2n) is 2.96. The number of imidazole rings is 1. The van der Waals surface area contributed by atoms with Gasteiger partial charge in [0, 0.05) is 0 Å². The summed E-state index contributed by atoms with van der Waals surface area (Å²) in [7, 11) is 0. The van der Waals surface area contributed by atoms with Gasteiger partial charge in [-0.2, -0.15) is 0 Å². The Hall–Kier alpha value is -0.550. The molecule has 0 aliphatic carbocycles. The van der Waals surface area contributed by atoms with Crippen LogP contribution in [0.3, 0.4) is 0 Å². The first-order valence-electron chi connectivity index (χ1n) is 3.98. The average Bonchev–Trinajstić information content (AvgIpc) is 2.58. The molecule has 0 saturated carbocycles. The fourth-order valence-electron chi connectivity index (χ4n) is 1.55. The Morgan fingerprint density at radius 3 is 2.75 bits per heavy atom. The molecule has 1 saturated heterocycles. The van der Waals surface area contributed by atoms with E-state index in [4.69, 9.17) is 0 Å². The Labute approximate surface area is 77.9 Å². The monoisotopic (exact) mass is 231 g/mol. The highest BCUT2D eigenvalue weighted by Crippen LogP contribution is 2.25. The minimum Gasteiger partial charge on any atom is -0.309 e. The summed E-state index contributed by atoms with van der Waals surface area (Å²) < 4.78 is 0.770. The van der Waals surface area contributed by atoms with Gasteiger partial charge in [0.05, 0.1) is 11.7 Å². The van der Waals surface area contributed by atoms with E-state index in [0.29, 0.717) is 6.04 Å². The number of hydrogen-bond acceptors (Lipinski definition) is 2. The van der Waals surface area contributed by atoms with Crippen LogP contribution in [0.4, 0.5) is 0 Å². The van der Waals surface area contributed by atoms with E-state index in [1.165, 1.54) is 6.42 Å². The molecule has 0 amide bonds. The second-order valence-corrected chi connectivity index (χ2v) is 3.75. The molecule has 1 aromatic rings. The first-order chi connectivity index (χ1) is 5.77. The zero-order valence-electron chi connectivity index (χ0n) is 6.48. The van der Waals surface area contributed by atoms with Gasteiger partial charge in [-0.3, -0.25) is 0 Å². The van der Waals surface area contributed by atoms with Gasteiger partial charge >= 0.3 is 5.69 Å². The van der Waals surface area contributed by atoms with E-state index < -0.39 is 0 Å². The predicted octanol–water partition coefficient (Wildman–Crippen LogP) is 0.890. The van der Waals surface area contributed by atoms with E-state index in [2.05, 4.69) is 31.2 Å². The normalized spacial score (nSPS) is 23.2. The highest BCUT2D eigenvalue weighted by Gasteiger charge is 2.20. The van der Waals surface area contributed by atoms with Crippen molar-refractivity contribution in [2.45, 2.75) is 18.9 Å².